The van der Waals surface area contributed by atoms with Gasteiger partial charge in [-0.1, -0.05) is 42.8 Å². The Morgan fingerprint density at radius 2 is 1.79 bits per heavy atom. The number of esters is 1. The van der Waals surface area contributed by atoms with Gasteiger partial charge in [0.05, 0.1) is 0 Å². The number of anilines is 1. The van der Waals surface area contributed by atoms with Crippen LogP contribution < -0.4 is 10.6 Å². The maximum Gasteiger partial charge on any atom is 0.328 e. The van der Waals surface area contributed by atoms with E-state index in [-0.39, 0.29) is 5.91 Å². The molecule has 0 bridgehead atoms. The normalized spacial score (nSPS) is 11.4. The Hall–Kier alpha value is -3.15. The zero-order valence-corrected chi connectivity index (χ0v) is 16.7. The van der Waals surface area contributed by atoms with Crippen molar-refractivity contribution < 1.29 is 19.1 Å². The number of amides is 2. The van der Waals surface area contributed by atoms with Gasteiger partial charge in [0, 0.05) is 11.3 Å². The van der Waals surface area contributed by atoms with Crippen LogP contribution in [0.3, 0.4) is 0 Å². The van der Waals surface area contributed by atoms with Gasteiger partial charge in [0.15, 0.2) is 6.61 Å². The summed E-state index contributed by atoms with van der Waals surface area (Å²) in [6.07, 6.45) is 0.777. The van der Waals surface area contributed by atoms with Crippen molar-refractivity contribution in [2.24, 2.45) is 0 Å². The first-order chi connectivity index (χ1) is 13.3. The molecule has 1 atom stereocenters. The molecule has 0 heterocycles. The predicted molar refractivity (Wildman–Crippen MR) is 108 cm³/mol. The lowest BCUT2D eigenvalue weighted by Crippen LogP contribution is -2.40. The molecule has 2 N–H and O–H groups in total. The minimum Gasteiger partial charge on any atom is -0.454 e. The third-order valence-electron chi connectivity index (χ3n) is 4.33. The van der Waals surface area contributed by atoms with Gasteiger partial charge < -0.3 is 15.4 Å². The molecular formula is C22H26N2O4. The van der Waals surface area contributed by atoms with Gasteiger partial charge in [-0.15, -0.1) is 0 Å². The third kappa shape index (κ3) is 5.67. The fourth-order valence-corrected chi connectivity index (χ4v) is 2.76. The minimum atomic E-state index is -0.870. The fraction of sp³-hybridized carbons (Fsp3) is 0.318. The van der Waals surface area contributed by atoms with E-state index in [1.54, 1.807) is 18.2 Å². The lowest BCUT2D eigenvalue weighted by molar-refractivity contribution is -0.148. The van der Waals surface area contributed by atoms with Crippen molar-refractivity contribution in [3.63, 3.8) is 0 Å². The van der Waals surface area contributed by atoms with Gasteiger partial charge in [-0.05, 0) is 50.5 Å². The number of hydrogen-bond acceptors (Lipinski definition) is 4. The molecule has 2 rings (SSSR count). The third-order valence-corrected chi connectivity index (χ3v) is 4.33. The molecule has 0 saturated carbocycles. The summed E-state index contributed by atoms with van der Waals surface area (Å²) in [6, 6.07) is 12.0. The highest BCUT2D eigenvalue weighted by atomic mass is 16.5. The van der Waals surface area contributed by atoms with Crippen LogP contribution in [0.4, 0.5) is 5.69 Å². The highest BCUT2D eigenvalue weighted by Gasteiger charge is 2.19. The first kappa shape index (κ1) is 21.2. The molecular weight excluding hydrogens is 356 g/mol. The summed E-state index contributed by atoms with van der Waals surface area (Å²) in [5.41, 5.74) is 4.11. The molecule has 6 nitrogen and oxygen atoms in total. The van der Waals surface area contributed by atoms with Gasteiger partial charge in [0.2, 0.25) is 0 Å². The number of carbonyl (C=O) groups excluding carboxylic acids is 3. The quantitative estimate of drug-likeness (QED) is 0.721. The number of nitrogens with one attached hydrogen (secondary N) is 2. The highest BCUT2D eigenvalue weighted by molar-refractivity contribution is 5.97. The van der Waals surface area contributed by atoms with E-state index < -0.39 is 24.5 Å². The summed E-state index contributed by atoms with van der Waals surface area (Å²) in [5.74, 6) is -1.46. The van der Waals surface area contributed by atoms with Crippen molar-refractivity contribution >= 4 is 23.5 Å². The van der Waals surface area contributed by atoms with Gasteiger partial charge in [-0.2, -0.15) is 0 Å². The van der Waals surface area contributed by atoms with Gasteiger partial charge >= 0.3 is 5.97 Å². The van der Waals surface area contributed by atoms with Crippen LogP contribution in [0.2, 0.25) is 0 Å². The molecule has 6 heteroatoms. The molecule has 0 unspecified atom stereocenters. The molecule has 0 aromatic heterocycles. The number of carbonyl (C=O) groups is 3. The van der Waals surface area contributed by atoms with Crippen LogP contribution in [0.15, 0.2) is 42.5 Å². The molecule has 0 aliphatic carbocycles. The average molecular weight is 382 g/mol. The van der Waals surface area contributed by atoms with E-state index in [4.69, 9.17) is 4.74 Å². The van der Waals surface area contributed by atoms with Crippen molar-refractivity contribution in [1.29, 1.82) is 0 Å². The second-order valence-corrected chi connectivity index (χ2v) is 6.68. The lowest BCUT2D eigenvalue weighted by atomic mass is 10.1. The van der Waals surface area contributed by atoms with E-state index in [2.05, 4.69) is 10.6 Å². The number of rotatable bonds is 7. The fourth-order valence-electron chi connectivity index (χ4n) is 2.76. The standard InChI is InChI=1S/C22H26N2O4/c1-5-17-10-7-9-15(3)20(17)24-19(25)13-28-22(27)16(4)23-21(26)18-11-6-8-14(2)12-18/h6-12,16H,5,13H2,1-4H3,(H,23,26)(H,24,25)/t16-/m0/s1. The van der Waals surface area contributed by atoms with E-state index in [1.165, 1.54) is 6.92 Å². The van der Waals surface area contributed by atoms with Crippen LogP contribution in [-0.2, 0) is 20.7 Å². The Balaban J connectivity index is 1.87. The van der Waals surface area contributed by atoms with Crippen LogP contribution in [0.25, 0.3) is 0 Å². The second kappa shape index (κ2) is 9.69. The zero-order valence-electron chi connectivity index (χ0n) is 16.7. The van der Waals surface area contributed by atoms with Gasteiger partial charge in [0.1, 0.15) is 6.04 Å². The monoisotopic (exact) mass is 382 g/mol. The largest absolute Gasteiger partial charge is 0.454 e. The minimum absolute atomic E-state index is 0.370. The second-order valence-electron chi connectivity index (χ2n) is 6.68. The Labute approximate surface area is 165 Å². The Kier molecular flexibility index (Phi) is 7.32. The molecule has 0 fully saturated rings. The summed E-state index contributed by atoms with van der Waals surface area (Å²) in [5, 5.41) is 5.37. The highest BCUT2D eigenvalue weighted by Crippen LogP contribution is 2.20. The summed E-state index contributed by atoms with van der Waals surface area (Å²) in [4.78, 5) is 36.5. The first-order valence-electron chi connectivity index (χ1n) is 9.24. The zero-order chi connectivity index (χ0) is 20.7. The molecule has 0 aliphatic rings. The van der Waals surface area contributed by atoms with Crippen LogP contribution >= 0.6 is 0 Å². The van der Waals surface area contributed by atoms with Gasteiger partial charge in [0.25, 0.3) is 11.8 Å². The molecule has 28 heavy (non-hydrogen) atoms. The van der Waals surface area contributed by atoms with E-state index >= 15 is 0 Å². The number of para-hydroxylation sites is 1. The number of aryl methyl sites for hydroxylation is 3. The SMILES string of the molecule is CCc1cccc(C)c1NC(=O)COC(=O)[C@H](C)NC(=O)c1cccc(C)c1. The van der Waals surface area contributed by atoms with Crippen molar-refractivity contribution in [1.82, 2.24) is 5.32 Å². The predicted octanol–water partition coefficient (Wildman–Crippen LogP) is 3.17. The van der Waals surface area contributed by atoms with Gasteiger partial charge in [-0.3, -0.25) is 9.59 Å². The smallest absolute Gasteiger partial charge is 0.328 e. The Morgan fingerprint density at radius 1 is 1.07 bits per heavy atom. The van der Waals surface area contributed by atoms with Crippen molar-refractivity contribution in [2.45, 2.75) is 40.2 Å². The molecule has 2 aromatic carbocycles. The molecule has 2 amide bonds. The van der Waals surface area contributed by atoms with Crippen LogP contribution in [-0.4, -0.2) is 30.4 Å². The van der Waals surface area contributed by atoms with Crippen molar-refractivity contribution in [2.75, 3.05) is 11.9 Å². The molecule has 2 aromatic rings. The summed E-state index contributed by atoms with van der Waals surface area (Å²) in [7, 11) is 0. The number of ether oxygens (including phenoxy) is 1. The molecule has 0 saturated heterocycles. The Bertz CT molecular complexity index is 877. The Morgan fingerprint density at radius 3 is 2.46 bits per heavy atom. The van der Waals surface area contributed by atoms with E-state index in [0.717, 1.165) is 28.8 Å². The first-order valence-corrected chi connectivity index (χ1v) is 9.24. The average Bonchev–Trinajstić information content (AvgIpc) is 2.67. The van der Waals surface area contributed by atoms with Crippen LogP contribution in [0, 0.1) is 13.8 Å². The molecule has 0 spiro atoms. The molecule has 148 valence electrons. The lowest BCUT2D eigenvalue weighted by Gasteiger charge is -2.15. The maximum atomic E-state index is 12.2. The summed E-state index contributed by atoms with van der Waals surface area (Å²) >= 11 is 0. The number of hydrogen-bond donors (Lipinski definition) is 2. The maximum absolute atomic E-state index is 12.2. The number of benzene rings is 2. The van der Waals surface area contributed by atoms with E-state index in [1.807, 2.05) is 45.0 Å². The molecule has 0 aliphatic heterocycles. The van der Waals surface area contributed by atoms with Crippen molar-refractivity contribution in [3.05, 3.63) is 64.7 Å². The van der Waals surface area contributed by atoms with Crippen molar-refractivity contribution in [3.8, 4) is 0 Å². The topological polar surface area (TPSA) is 84.5 Å². The van der Waals surface area contributed by atoms with E-state index in [9.17, 15) is 14.4 Å². The van der Waals surface area contributed by atoms with Crippen LogP contribution in [0.1, 0.15) is 40.9 Å². The van der Waals surface area contributed by atoms with E-state index in [0.29, 0.717) is 5.56 Å². The summed E-state index contributed by atoms with van der Waals surface area (Å²) in [6.45, 7) is 6.89. The van der Waals surface area contributed by atoms with Gasteiger partial charge in [-0.25, -0.2) is 4.79 Å². The summed E-state index contributed by atoms with van der Waals surface area (Å²) < 4.78 is 5.05. The molecule has 0 radical (unpaired) electrons. The van der Waals surface area contributed by atoms with Crippen LogP contribution in [0.5, 0.6) is 0 Å².